The van der Waals surface area contributed by atoms with E-state index in [2.05, 4.69) is 20.0 Å². The molecule has 0 unspecified atom stereocenters. The Bertz CT molecular complexity index is 1100. The SMILES string of the molecule is N=C(C1=N/C(=C\c2ccc(C=C3C=CC=N3)[nH]2)C=C1)c1ccc(C(=O)O)[nH]1. The van der Waals surface area contributed by atoms with Gasteiger partial charge < -0.3 is 15.1 Å². The van der Waals surface area contributed by atoms with Crippen molar-refractivity contribution >= 4 is 35.8 Å². The van der Waals surface area contributed by atoms with Crippen LogP contribution in [0.1, 0.15) is 27.6 Å². The summed E-state index contributed by atoms with van der Waals surface area (Å²) < 4.78 is 0. The number of allylic oxidation sites excluding steroid dienone is 4. The van der Waals surface area contributed by atoms with E-state index in [1.807, 2.05) is 42.5 Å². The van der Waals surface area contributed by atoms with Crippen LogP contribution in [-0.2, 0) is 0 Å². The molecule has 0 amide bonds. The summed E-state index contributed by atoms with van der Waals surface area (Å²) in [6, 6.07) is 6.90. The van der Waals surface area contributed by atoms with Gasteiger partial charge in [-0.25, -0.2) is 9.79 Å². The molecule has 2 aromatic heterocycles. The molecule has 0 radical (unpaired) electrons. The van der Waals surface area contributed by atoms with Crippen LogP contribution in [0.3, 0.4) is 0 Å². The fourth-order valence-electron chi connectivity index (χ4n) is 2.72. The highest BCUT2D eigenvalue weighted by atomic mass is 16.4. The Kier molecular flexibility index (Phi) is 4.10. The number of hydrogen-bond acceptors (Lipinski definition) is 4. The maximum absolute atomic E-state index is 11.0. The van der Waals surface area contributed by atoms with E-state index in [4.69, 9.17) is 10.5 Å². The van der Waals surface area contributed by atoms with Gasteiger partial charge in [-0.05, 0) is 60.7 Å². The summed E-state index contributed by atoms with van der Waals surface area (Å²) in [5.41, 5.74) is 4.49. The molecule has 4 rings (SSSR count). The Morgan fingerprint density at radius 1 is 0.963 bits per heavy atom. The number of H-pyrrole nitrogens is 2. The molecule has 2 aromatic rings. The van der Waals surface area contributed by atoms with Gasteiger partial charge in [0, 0.05) is 17.6 Å². The molecule has 0 saturated carbocycles. The molecular weight excluding hydrogens is 342 g/mol. The molecule has 7 nitrogen and oxygen atoms in total. The number of aromatic nitrogens is 2. The number of carbonyl (C=O) groups is 1. The zero-order chi connectivity index (χ0) is 18.8. The Hall–Kier alpha value is -4.00. The highest BCUT2D eigenvalue weighted by Gasteiger charge is 2.15. The van der Waals surface area contributed by atoms with Crippen LogP contribution in [0.4, 0.5) is 0 Å². The van der Waals surface area contributed by atoms with Crippen molar-refractivity contribution in [2.45, 2.75) is 0 Å². The fourth-order valence-corrected chi connectivity index (χ4v) is 2.72. The number of aromatic carboxylic acids is 1. The summed E-state index contributed by atoms with van der Waals surface area (Å²) in [6.45, 7) is 0. The largest absolute Gasteiger partial charge is 0.477 e. The Labute approximate surface area is 154 Å². The summed E-state index contributed by atoms with van der Waals surface area (Å²) in [5.74, 6) is -1.06. The molecule has 0 atom stereocenters. The summed E-state index contributed by atoms with van der Waals surface area (Å²) >= 11 is 0. The molecule has 7 heteroatoms. The van der Waals surface area contributed by atoms with Crippen LogP contribution in [0.2, 0.25) is 0 Å². The molecule has 0 aromatic carbocycles. The van der Waals surface area contributed by atoms with E-state index in [9.17, 15) is 4.79 Å². The molecule has 27 heavy (non-hydrogen) atoms. The third-order valence-corrected chi connectivity index (χ3v) is 4.02. The monoisotopic (exact) mass is 357 g/mol. The number of aliphatic imine (C=N–C) groups is 2. The number of carboxylic acid groups (broad SMARTS) is 1. The first-order chi connectivity index (χ1) is 13.1. The molecule has 0 aliphatic carbocycles. The molecule has 0 fully saturated rings. The standard InChI is InChI=1S/C20H15N5O2/c21-19(17-7-8-18(25-17)20(26)27)16-6-5-15(24-16)11-14-4-3-13(23-14)10-12-2-1-9-22-12/h1-11,21,23,25H,(H,26,27)/b12-10?,15-11-,21-19?. The lowest BCUT2D eigenvalue weighted by Gasteiger charge is -1.98. The van der Waals surface area contributed by atoms with Crippen molar-refractivity contribution in [2.24, 2.45) is 9.98 Å². The Morgan fingerprint density at radius 3 is 2.37 bits per heavy atom. The predicted octanol–water partition coefficient (Wildman–Crippen LogP) is 3.44. The first-order valence-electron chi connectivity index (χ1n) is 8.20. The van der Waals surface area contributed by atoms with Crippen molar-refractivity contribution in [1.29, 1.82) is 5.41 Å². The number of nitrogens with zero attached hydrogens (tertiary/aromatic N) is 2. The number of rotatable bonds is 5. The molecule has 2 aliphatic rings. The highest BCUT2D eigenvalue weighted by molar-refractivity contribution is 6.51. The highest BCUT2D eigenvalue weighted by Crippen LogP contribution is 2.18. The average molecular weight is 357 g/mol. The van der Waals surface area contributed by atoms with Gasteiger partial charge in [0.15, 0.2) is 0 Å². The second-order valence-electron chi connectivity index (χ2n) is 5.94. The maximum atomic E-state index is 11.0. The van der Waals surface area contributed by atoms with Crippen LogP contribution in [0.15, 0.2) is 69.9 Å². The van der Waals surface area contributed by atoms with Crippen molar-refractivity contribution < 1.29 is 9.90 Å². The van der Waals surface area contributed by atoms with Crippen molar-refractivity contribution in [2.75, 3.05) is 0 Å². The van der Waals surface area contributed by atoms with Gasteiger partial charge in [-0.3, -0.25) is 10.4 Å². The van der Waals surface area contributed by atoms with Crippen molar-refractivity contribution in [1.82, 2.24) is 9.97 Å². The summed E-state index contributed by atoms with van der Waals surface area (Å²) in [6.07, 6.45) is 12.9. The third-order valence-electron chi connectivity index (χ3n) is 4.02. The minimum atomic E-state index is -1.06. The van der Waals surface area contributed by atoms with Gasteiger partial charge in [0.25, 0.3) is 0 Å². The molecule has 4 heterocycles. The van der Waals surface area contributed by atoms with Crippen LogP contribution in [0.25, 0.3) is 12.2 Å². The molecule has 0 spiro atoms. The number of carboxylic acids is 1. The van der Waals surface area contributed by atoms with E-state index < -0.39 is 5.97 Å². The average Bonchev–Trinajstić information content (AvgIpc) is 3.43. The predicted molar refractivity (Wildman–Crippen MR) is 106 cm³/mol. The van der Waals surface area contributed by atoms with E-state index in [-0.39, 0.29) is 11.4 Å². The summed E-state index contributed by atoms with van der Waals surface area (Å²) in [5, 5.41) is 17.2. The first-order valence-corrected chi connectivity index (χ1v) is 8.20. The third kappa shape index (κ3) is 3.52. The van der Waals surface area contributed by atoms with E-state index in [1.165, 1.54) is 6.07 Å². The smallest absolute Gasteiger partial charge is 0.352 e. The zero-order valence-electron chi connectivity index (χ0n) is 14.1. The second kappa shape index (κ2) is 6.72. The molecule has 4 N–H and O–H groups in total. The van der Waals surface area contributed by atoms with Crippen LogP contribution in [0, 0.1) is 5.41 Å². The topological polar surface area (TPSA) is 117 Å². The van der Waals surface area contributed by atoms with Crippen LogP contribution < -0.4 is 0 Å². The Balaban J connectivity index is 1.51. The van der Waals surface area contributed by atoms with Crippen molar-refractivity contribution in [3.05, 3.63) is 82.7 Å². The maximum Gasteiger partial charge on any atom is 0.352 e. The number of aromatic amines is 2. The van der Waals surface area contributed by atoms with Crippen LogP contribution in [-0.4, -0.2) is 38.7 Å². The van der Waals surface area contributed by atoms with Crippen LogP contribution in [0.5, 0.6) is 0 Å². The zero-order valence-corrected chi connectivity index (χ0v) is 14.1. The fraction of sp³-hybridized carbons (Fsp3) is 0. The minimum Gasteiger partial charge on any atom is -0.477 e. The molecule has 2 aliphatic heterocycles. The normalized spacial score (nSPS) is 18.0. The molecule has 132 valence electrons. The first kappa shape index (κ1) is 16.5. The van der Waals surface area contributed by atoms with Crippen molar-refractivity contribution in [3.63, 3.8) is 0 Å². The molecule has 0 bridgehead atoms. The quantitative estimate of drug-likeness (QED) is 0.613. The van der Waals surface area contributed by atoms with Gasteiger partial charge in [0.05, 0.1) is 22.8 Å². The van der Waals surface area contributed by atoms with Gasteiger partial charge in [-0.15, -0.1) is 0 Å². The lowest BCUT2D eigenvalue weighted by Crippen LogP contribution is -2.11. The van der Waals surface area contributed by atoms with Gasteiger partial charge in [0.1, 0.15) is 11.4 Å². The van der Waals surface area contributed by atoms with Gasteiger partial charge in [-0.1, -0.05) is 0 Å². The van der Waals surface area contributed by atoms with Crippen LogP contribution >= 0.6 is 0 Å². The van der Waals surface area contributed by atoms with Gasteiger partial charge in [0.2, 0.25) is 0 Å². The van der Waals surface area contributed by atoms with Gasteiger partial charge >= 0.3 is 5.97 Å². The van der Waals surface area contributed by atoms with E-state index in [0.717, 1.165) is 17.1 Å². The summed E-state index contributed by atoms with van der Waals surface area (Å²) in [7, 11) is 0. The van der Waals surface area contributed by atoms with E-state index >= 15 is 0 Å². The van der Waals surface area contributed by atoms with E-state index in [1.54, 1.807) is 18.4 Å². The molecular formula is C20H15N5O2. The summed E-state index contributed by atoms with van der Waals surface area (Å²) in [4.78, 5) is 25.6. The van der Waals surface area contributed by atoms with Crippen molar-refractivity contribution in [3.8, 4) is 0 Å². The number of nitrogens with one attached hydrogen (secondary N) is 3. The van der Waals surface area contributed by atoms with E-state index in [0.29, 0.717) is 17.1 Å². The number of hydrogen-bond donors (Lipinski definition) is 4. The molecule has 0 saturated heterocycles. The Morgan fingerprint density at radius 2 is 1.70 bits per heavy atom. The minimum absolute atomic E-state index is 0.0440. The second-order valence-corrected chi connectivity index (χ2v) is 5.94. The van der Waals surface area contributed by atoms with Gasteiger partial charge in [-0.2, -0.15) is 0 Å². The lowest BCUT2D eigenvalue weighted by molar-refractivity contribution is 0.0691. The lowest BCUT2D eigenvalue weighted by atomic mass is 10.2.